The van der Waals surface area contributed by atoms with Crippen molar-refractivity contribution in [3.63, 3.8) is 0 Å². The molecule has 1 unspecified atom stereocenters. The summed E-state index contributed by atoms with van der Waals surface area (Å²) >= 11 is 1.71. The largest absolute Gasteiger partial charge is 0.454 e. The van der Waals surface area contributed by atoms with Gasteiger partial charge in [-0.05, 0) is 35.0 Å². The average molecular weight is 390 g/mol. The Balaban J connectivity index is 1.23. The Hall–Kier alpha value is -2.09. The SMILES string of the molecule is C[NH+](CC(=O)N1CC[NH+](Cc2ccc3c(c2)OCO3)CC1)Cc1ccsc1. The Kier molecular flexibility index (Phi) is 5.61. The minimum absolute atomic E-state index is 0.268. The Morgan fingerprint density at radius 1 is 1.19 bits per heavy atom. The summed E-state index contributed by atoms with van der Waals surface area (Å²) in [7, 11) is 2.09. The first-order chi connectivity index (χ1) is 13.2. The predicted molar refractivity (Wildman–Crippen MR) is 103 cm³/mol. The number of hydrogen-bond donors (Lipinski definition) is 2. The molecule has 1 amide bonds. The van der Waals surface area contributed by atoms with Crippen LogP contribution in [0, 0.1) is 0 Å². The maximum atomic E-state index is 12.6. The van der Waals surface area contributed by atoms with E-state index in [9.17, 15) is 4.79 Å². The van der Waals surface area contributed by atoms with Gasteiger partial charge in [-0.25, -0.2) is 0 Å². The van der Waals surface area contributed by atoms with Crippen LogP contribution in [0.3, 0.4) is 0 Å². The van der Waals surface area contributed by atoms with Gasteiger partial charge in [-0.3, -0.25) is 4.79 Å². The van der Waals surface area contributed by atoms with Gasteiger partial charge in [-0.15, -0.1) is 0 Å². The van der Waals surface area contributed by atoms with Crippen LogP contribution in [0.25, 0.3) is 0 Å². The van der Waals surface area contributed by atoms with Gasteiger partial charge in [0.25, 0.3) is 5.91 Å². The van der Waals surface area contributed by atoms with E-state index in [1.807, 2.05) is 11.0 Å². The van der Waals surface area contributed by atoms with Crippen molar-refractivity contribution >= 4 is 17.2 Å². The average Bonchev–Trinajstić information content (AvgIpc) is 3.33. The number of piperazine rings is 1. The fraction of sp³-hybridized carbons (Fsp3) is 0.450. The van der Waals surface area contributed by atoms with E-state index in [1.165, 1.54) is 20.9 Å². The molecule has 7 heteroatoms. The number of thiophene rings is 1. The topological polar surface area (TPSA) is 47.7 Å². The molecule has 2 aliphatic rings. The summed E-state index contributed by atoms with van der Waals surface area (Å²) in [6.45, 7) is 6.40. The highest BCUT2D eigenvalue weighted by atomic mass is 32.1. The Morgan fingerprint density at radius 3 is 2.78 bits per heavy atom. The molecule has 4 rings (SSSR count). The minimum atomic E-state index is 0.268. The van der Waals surface area contributed by atoms with Crippen LogP contribution in [0.4, 0.5) is 0 Å². The summed E-state index contributed by atoms with van der Waals surface area (Å²) < 4.78 is 10.8. The van der Waals surface area contributed by atoms with Crippen LogP contribution >= 0.6 is 11.3 Å². The van der Waals surface area contributed by atoms with Gasteiger partial charge in [0.2, 0.25) is 6.79 Å². The summed E-state index contributed by atoms with van der Waals surface area (Å²) in [4.78, 5) is 17.4. The van der Waals surface area contributed by atoms with E-state index < -0.39 is 0 Å². The molecule has 0 bridgehead atoms. The van der Waals surface area contributed by atoms with Crippen molar-refractivity contribution in [2.45, 2.75) is 13.1 Å². The summed E-state index contributed by atoms with van der Waals surface area (Å²) in [5.74, 6) is 1.94. The molecule has 1 aromatic carbocycles. The zero-order valence-electron chi connectivity index (χ0n) is 15.7. The second kappa shape index (κ2) is 8.29. The van der Waals surface area contributed by atoms with Crippen LogP contribution in [0.5, 0.6) is 11.5 Å². The number of quaternary nitrogens is 2. The number of benzene rings is 1. The molecule has 2 aliphatic heterocycles. The second-order valence-electron chi connectivity index (χ2n) is 7.44. The summed E-state index contributed by atoms with van der Waals surface area (Å²) in [6, 6.07) is 8.32. The van der Waals surface area contributed by atoms with Crippen molar-refractivity contribution in [3.05, 3.63) is 46.2 Å². The number of nitrogens with zero attached hydrogens (tertiary/aromatic N) is 1. The zero-order chi connectivity index (χ0) is 18.6. The summed E-state index contributed by atoms with van der Waals surface area (Å²) in [5.41, 5.74) is 2.57. The molecule has 3 heterocycles. The van der Waals surface area contributed by atoms with E-state index in [0.717, 1.165) is 50.8 Å². The highest BCUT2D eigenvalue weighted by Gasteiger charge is 2.26. The van der Waals surface area contributed by atoms with Gasteiger partial charge < -0.3 is 24.2 Å². The first-order valence-corrected chi connectivity index (χ1v) is 10.4. The molecule has 0 aliphatic carbocycles. The molecule has 0 spiro atoms. The molecule has 1 saturated heterocycles. The number of fused-ring (bicyclic) bond motifs is 1. The molecule has 27 heavy (non-hydrogen) atoms. The third kappa shape index (κ3) is 4.61. The highest BCUT2D eigenvalue weighted by Crippen LogP contribution is 2.32. The number of carbonyl (C=O) groups excluding carboxylic acids is 1. The number of ether oxygens (including phenoxy) is 2. The van der Waals surface area contributed by atoms with Crippen LogP contribution in [0.2, 0.25) is 0 Å². The van der Waals surface area contributed by atoms with E-state index in [-0.39, 0.29) is 5.91 Å². The predicted octanol–water partition coefficient (Wildman–Crippen LogP) is -0.581. The van der Waals surface area contributed by atoms with Gasteiger partial charge in [0.1, 0.15) is 13.1 Å². The lowest BCUT2D eigenvalue weighted by Crippen LogP contribution is -3.14. The van der Waals surface area contributed by atoms with Gasteiger partial charge in [0.15, 0.2) is 18.0 Å². The van der Waals surface area contributed by atoms with Gasteiger partial charge in [-0.2, -0.15) is 11.3 Å². The Bertz CT molecular complexity index is 773. The molecule has 144 valence electrons. The standard InChI is InChI=1S/C20H25N3O3S/c1-21(11-17-4-9-27-14-17)13-20(24)23-7-5-22(6-8-23)12-16-2-3-18-19(10-16)26-15-25-18/h2-4,9-10,14H,5-8,11-13,15H2,1H3/p+2. The van der Waals surface area contributed by atoms with Crippen molar-refractivity contribution in [1.29, 1.82) is 0 Å². The van der Waals surface area contributed by atoms with Crippen LogP contribution in [-0.4, -0.2) is 57.4 Å². The van der Waals surface area contributed by atoms with Crippen molar-refractivity contribution in [1.82, 2.24) is 4.90 Å². The van der Waals surface area contributed by atoms with Crippen LogP contribution in [-0.2, 0) is 17.9 Å². The van der Waals surface area contributed by atoms with Crippen molar-refractivity contribution in [2.75, 3.05) is 46.6 Å². The molecule has 0 saturated carbocycles. The van der Waals surface area contributed by atoms with E-state index in [1.54, 1.807) is 11.3 Å². The minimum Gasteiger partial charge on any atom is -0.454 e. The highest BCUT2D eigenvalue weighted by molar-refractivity contribution is 7.07. The third-order valence-electron chi connectivity index (χ3n) is 5.25. The number of nitrogens with one attached hydrogen (secondary N) is 2. The third-order valence-corrected chi connectivity index (χ3v) is 5.99. The Morgan fingerprint density at radius 2 is 2.00 bits per heavy atom. The number of amides is 1. The number of rotatable bonds is 6. The number of likely N-dealkylation sites (N-methyl/N-ethyl adjacent to an activating group) is 1. The lowest BCUT2D eigenvalue weighted by Gasteiger charge is -2.32. The maximum absolute atomic E-state index is 12.6. The smallest absolute Gasteiger partial charge is 0.278 e. The fourth-order valence-electron chi connectivity index (χ4n) is 3.76. The second-order valence-corrected chi connectivity index (χ2v) is 8.22. The van der Waals surface area contributed by atoms with E-state index in [0.29, 0.717) is 13.3 Å². The molecular formula is C20H27N3O3S+2. The lowest BCUT2D eigenvalue weighted by molar-refractivity contribution is -0.918. The molecule has 1 atom stereocenters. The maximum Gasteiger partial charge on any atom is 0.278 e. The van der Waals surface area contributed by atoms with Gasteiger partial charge >= 0.3 is 0 Å². The van der Waals surface area contributed by atoms with Crippen molar-refractivity contribution in [2.24, 2.45) is 0 Å². The van der Waals surface area contributed by atoms with E-state index >= 15 is 0 Å². The summed E-state index contributed by atoms with van der Waals surface area (Å²) in [5, 5.41) is 4.25. The van der Waals surface area contributed by atoms with Crippen molar-refractivity contribution < 1.29 is 24.1 Å². The van der Waals surface area contributed by atoms with Gasteiger partial charge in [-0.1, -0.05) is 0 Å². The van der Waals surface area contributed by atoms with Crippen LogP contribution < -0.4 is 19.3 Å². The number of hydrogen-bond acceptors (Lipinski definition) is 4. The zero-order valence-corrected chi connectivity index (χ0v) is 16.5. The molecule has 2 aromatic rings. The molecule has 6 nitrogen and oxygen atoms in total. The van der Waals surface area contributed by atoms with E-state index in [2.05, 4.69) is 36.0 Å². The molecular weight excluding hydrogens is 362 g/mol. The quantitative estimate of drug-likeness (QED) is 0.695. The van der Waals surface area contributed by atoms with Crippen LogP contribution in [0.15, 0.2) is 35.0 Å². The Labute approximate surface area is 163 Å². The summed E-state index contributed by atoms with van der Waals surface area (Å²) in [6.07, 6.45) is 0. The number of carbonyl (C=O) groups is 1. The van der Waals surface area contributed by atoms with Crippen molar-refractivity contribution in [3.8, 4) is 11.5 Å². The first-order valence-electron chi connectivity index (χ1n) is 9.49. The first kappa shape index (κ1) is 18.3. The lowest BCUT2D eigenvalue weighted by atomic mass is 10.1. The van der Waals surface area contributed by atoms with Gasteiger partial charge in [0, 0.05) is 11.1 Å². The molecule has 2 N–H and O–H groups in total. The molecule has 0 radical (unpaired) electrons. The molecule has 1 aromatic heterocycles. The molecule has 1 fully saturated rings. The monoisotopic (exact) mass is 389 g/mol. The van der Waals surface area contributed by atoms with E-state index in [4.69, 9.17) is 9.47 Å². The fourth-order valence-corrected chi connectivity index (χ4v) is 4.43. The normalized spacial score (nSPS) is 17.9. The van der Waals surface area contributed by atoms with Gasteiger partial charge in [0.05, 0.1) is 33.2 Å². The van der Waals surface area contributed by atoms with Crippen LogP contribution in [0.1, 0.15) is 11.1 Å².